The number of hydrogen-bond donors (Lipinski definition) is 3. The summed E-state index contributed by atoms with van der Waals surface area (Å²) in [6, 6.07) is 8.97. The number of imidazole rings is 1. The third-order valence-electron chi connectivity index (χ3n) is 3.71. The van der Waals surface area contributed by atoms with Crippen LogP contribution in [0.4, 0.5) is 5.69 Å². The van der Waals surface area contributed by atoms with Crippen molar-refractivity contribution in [2.24, 2.45) is 11.7 Å². The number of nitrogens with two attached hydrogens (primary N) is 1. The number of halogens is 2. The average molecular weight is 371 g/mol. The van der Waals surface area contributed by atoms with Crippen LogP contribution in [-0.4, -0.2) is 21.9 Å². The lowest BCUT2D eigenvalue weighted by Crippen LogP contribution is -2.34. The van der Waals surface area contributed by atoms with Crippen molar-refractivity contribution in [2.75, 3.05) is 5.32 Å². The largest absolute Gasteiger partial charge is 0.461 e. The lowest BCUT2D eigenvalue weighted by atomic mass is 10.0. The Kier molecular flexibility index (Phi) is 6.83. The summed E-state index contributed by atoms with van der Waals surface area (Å²) in [7, 11) is 0. The van der Waals surface area contributed by atoms with Gasteiger partial charge in [0.2, 0.25) is 5.91 Å². The number of anilines is 1. The highest BCUT2D eigenvalue weighted by atomic mass is 35.5. The summed E-state index contributed by atoms with van der Waals surface area (Å²) < 4.78 is 5.32. The van der Waals surface area contributed by atoms with Crippen LogP contribution in [0.25, 0.3) is 22.6 Å². The summed E-state index contributed by atoms with van der Waals surface area (Å²) in [5.74, 6) is 0.982. The molecule has 8 heteroatoms. The minimum atomic E-state index is -0.254. The number of carbonyl (C=O) groups excluding carboxylic acids is 1. The van der Waals surface area contributed by atoms with Gasteiger partial charge in [0.25, 0.3) is 0 Å². The van der Waals surface area contributed by atoms with E-state index >= 15 is 0 Å². The van der Waals surface area contributed by atoms with E-state index in [1.54, 1.807) is 6.26 Å². The second-order valence-electron chi connectivity index (χ2n) is 5.43. The van der Waals surface area contributed by atoms with E-state index in [1.165, 1.54) is 0 Å². The predicted molar refractivity (Wildman–Crippen MR) is 99.7 cm³/mol. The number of fused-ring (bicyclic) bond motifs is 1. The number of amides is 1. The van der Waals surface area contributed by atoms with Crippen LogP contribution in [0.15, 0.2) is 41.0 Å². The van der Waals surface area contributed by atoms with E-state index < -0.39 is 0 Å². The summed E-state index contributed by atoms with van der Waals surface area (Å²) in [5.41, 5.74) is 8.10. The fourth-order valence-electron chi connectivity index (χ4n) is 2.11. The topological polar surface area (TPSA) is 96.9 Å². The zero-order valence-electron chi connectivity index (χ0n) is 13.3. The van der Waals surface area contributed by atoms with Gasteiger partial charge in [0.1, 0.15) is 0 Å². The van der Waals surface area contributed by atoms with Crippen LogP contribution in [0.3, 0.4) is 0 Å². The SMILES string of the molecule is CC(N)C(C)C(=O)Nc1ccc2nc(-c3ccco3)[nH]c2c1.Cl.Cl. The van der Waals surface area contributed by atoms with Gasteiger partial charge in [-0.1, -0.05) is 6.92 Å². The minimum absolute atomic E-state index is 0. The van der Waals surface area contributed by atoms with Crippen molar-refractivity contribution in [3.63, 3.8) is 0 Å². The Balaban J connectivity index is 0.00000144. The molecule has 130 valence electrons. The summed E-state index contributed by atoms with van der Waals surface area (Å²) in [4.78, 5) is 19.7. The predicted octanol–water partition coefficient (Wildman–Crippen LogP) is 3.59. The van der Waals surface area contributed by atoms with E-state index in [0.29, 0.717) is 17.3 Å². The van der Waals surface area contributed by atoms with Crippen LogP contribution < -0.4 is 11.1 Å². The van der Waals surface area contributed by atoms with Crippen molar-refractivity contribution in [3.8, 4) is 11.6 Å². The van der Waals surface area contributed by atoms with Crippen LogP contribution in [0.1, 0.15) is 13.8 Å². The highest BCUT2D eigenvalue weighted by Crippen LogP contribution is 2.23. The highest BCUT2D eigenvalue weighted by molar-refractivity contribution is 5.95. The zero-order valence-corrected chi connectivity index (χ0v) is 14.9. The Hall–Kier alpha value is -2.02. The fourth-order valence-corrected chi connectivity index (χ4v) is 2.11. The number of aromatic amines is 1. The Morgan fingerprint density at radius 3 is 2.67 bits per heavy atom. The van der Waals surface area contributed by atoms with Crippen molar-refractivity contribution in [2.45, 2.75) is 19.9 Å². The van der Waals surface area contributed by atoms with Crippen molar-refractivity contribution >= 4 is 47.4 Å². The molecule has 1 aromatic carbocycles. The lowest BCUT2D eigenvalue weighted by Gasteiger charge is -2.15. The number of hydrogen-bond acceptors (Lipinski definition) is 4. The van der Waals surface area contributed by atoms with E-state index in [2.05, 4.69) is 15.3 Å². The molecular formula is C16H20Cl2N4O2. The number of carbonyl (C=O) groups is 1. The van der Waals surface area contributed by atoms with Gasteiger partial charge in [-0.15, -0.1) is 24.8 Å². The van der Waals surface area contributed by atoms with Gasteiger partial charge in [-0.05, 0) is 37.3 Å². The van der Waals surface area contributed by atoms with Crippen molar-refractivity contribution in [1.82, 2.24) is 9.97 Å². The molecule has 0 aliphatic heterocycles. The van der Waals surface area contributed by atoms with Gasteiger partial charge >= 0.3 is 0 Å². The van der Waals surface area contributed by atoms with E-state index in [1.807, 2.05) is 44.2 Å². The van der Waals surface area contributed by atoms with Gasteiger partial charge < -0.3 is 20.5 Å². The standard InChI is InChI=1S/C16H18N4O2.2ClH/c1-9(10(2)17)16(21)18-11-5-6-12-13(8-11)20-15(19-12)14-4-3-7-22-14;;/h3-10H,17H2,1-2H3,(H,18,21)(H,19,20);2*1H. The molecule has 3 aromatic rings. The Bertz CT molecular complexity index is 800. The molecule has 2 aromatic heterocycles. The van der Waals surface area contributed by atoms with Crippen molar-refractivity contribution in [3.05, 3.63) is 36.6 Å². The van der Waals surface area contributed by atoms with Gasteiger partial charge in [0.15, 0.2) is 11.6 Å². The first-order valence-electron chi connectivity index (χ1n) is 7.14. The fraction of sp³-hybridized carbons (Fsp3) is 0.250. The van der Waals surface area contributed by atoms with E-state index in [0.717, 1.165) is 11.0 Å². The second-order valence-corrected chi connectivity index (χ2v) is 5.43. The molecular weight excluding hydrogens is 351 g/mol. The monoisotopic (exact) mass is 370 g/mol. The molecule has 2 unspecified atom stereocenters. The summed E-state index contributed by atoms with van der Waals surface area (Å²) in [6.07, 6.45) is 1.60. The first kappa shape index (κ1) is 20.0. The number of benzene rings is 1. The minimum Gasteiger partial charge on any atom is -0.461 e. The van der Waals surface area contributed by atoms with Crippen molar-refractivity contribution in [1.29, 1.82) is 0 Å². The van der Waals surface area contributed by atoms with Crippen LogP contribution in [0.5, 0.6) is 0 Å². The Labute approximate surface area is 152 Å². The maximum atomic E-state index is 12.1. The first-order valence-corrected chi connectivity index (χ1v) is 7.14. The lowest BCUT2D eigenvalue weighted by molar-refractivity contribution is -0.119. The average Bonchev–Trinajstić information content (AvgIpc) is 3.14. The summed E-state index contributed by atoms with van der Waals surface area (Å²) in [6.45, 7) is 3.63. The zero-order chi connectivity index (χ0) is 15.7. The number of nitrogens with zero attached hydrogens (tertiary/aromatic N) is 1. The number of nitrogens with one attached hydrogen (secondary N) is 2. The van der Waals surface area contributed by atoms with Crippen LogP contribution in [-0.2, 0) is 4.79 Å². The first-order chi connectivity index (χ1) is 10.5. The van der Waals surface area contributed by atoms with Crippen LogP contribution in [0, 0.1) is 5.92 Å². The van der Waals surface area contributed by atoms with Gasteiger partial charge in [-0.2, -0.15) is 0 Å². The molecule has 0 aliphatic rings. The quantitative estimate of drug-likeness (QED) is 0.653. The number of rotatable bonds is 4. The molecule has 0 radical (unpaired) electrons. The molecule has 6 nitrogen and oxygen atoms in total. The molecule has 2 atom stereocenters. The maximum absolute atomic E-state index is 12.1. The molecule has 24 heavy (non-hydrogen) atoms. The van der Waals surface area contributed by atoms with Gasteiger partial charge in [0.05, 0.1) is 23.2 Å². The van der Waals surface area contributed by atoms with E-state index in [9.17, 15) is 4.79 Å². The third kappa shape index (κ3) is 4.08. The Morgan fingerprint density at radius 2 is 2.04 bits per heavy atom. The van der Waals surface area contributed by atoms with E-state index in [-0.39, 0.29) is 42.7 Å². The molecule has 3 rings (SSSR count). The molecule has 0 saturated carbocycles. The van der Waals surface area contributed by atoms with Gasteiger partial charge in [-0.3, -0.25) is 4.79 Å². The smallest absolute Gasteiger partial charge is 0.228 e. The van der Waals surface area contributed by atoms with E-state index in [4.69, 9.17) is 10.2 Å². The molecule has 1 amide bonds. The summed E-state index contributed by atoms with van der Waals surface area (Å²) in [5, 5.41) is 2.87. The molecule has 4 N–H and O–H groups in total. The molecule has 0 saturated heterocycles. The normalized spacial score (nSPS) is 12.8. The summed E-state index contributed by atoms with van der Waals surface area (Å²) >= 11 is 0. The number of H-pyrrole nitrogens is 1. The molecule has 2 heterocycles. The number of aromatic nitrogens is 2. The third-order valence-corrected chi connectivity index (χ3v) is 3.71. The highest BCUT2D eigenvalue weighted by Gasteiger charge is 2.17. The maximum Gasteiger partial charge on any atom is 0.228 e. The molecule has 0 aliphatic carbocycles. The molecule has 0 spiro atoms. The molecule has 0 bridgehead atoms. The van der Waals surface area contributed by atoms with Gasteiger partial charge in [0, 0.05) is 11.7 Å². The van der Waals surface area contributed by atoms with Crippen LogP contribution >= 0.6 is 24.8 Å². The van der Waals surface area contributed by atoms with Gasteiger partial charge in [-0.25, -0.2) is 4.98 Å². The number of furan rings is 1. The Morgan fingerprint density at radius 1 is 1.29 bits per heavy atom. The van der Waals surface area contributed by atoms with Crippen LogP contribution in [0.2, 0.25) is 0 Å². The molecule has 0 fully saturated rings. The van der Waals surface area contributed by atoms with Crippen molar-refractivity contribution < 1.29 is 9.21 Å². The second kappa shape index (κ2) is 8.19.